The molecule has 18 heavy (non-hydrogen) atoms. The van der Waals surface area contributed by atoms with E-state index < -0.39 is 0 Å². The van der Waals surface area contributed by atoms with Gasteiger partial charge in [0.25, 0.3) is 0 Å². The van der Waals surface area contributed by atoms with Gasteiger partial charge in [-0.05, 0) is 11.1 Å². The molecule has 2 rings (SSSR count). The molecule has 0 saturated carbocycles. The molecule has 2 aromatic carbocycles. The molecule has 2 aromatic rings. The maximum atomic E-state index is 5.66. The molecule has 0 bridgehead atoms. The number of benzene rings is 2. The third-order valence-corrected chi connectivity index (χ3v) is 3.74. The largest absolute Gasteiger partial charge is 0.385 e. The van der Waals surface area contributed by atoms with Crippen molar-refractivity contribution in [3.8, 4) is 0 Å². The summed E-state index contributed by atoms with van der Waals surface area (Å²) in [6, 6.07) is 20.6. The molecule has 0 heterocycles. The van der Waals surface area contributed by atoms with Crippen LogP contribution in [0.1, 0.15) is 16.4 Å². The van der Waals surface area contributed by atoms with Crippen molar-refractivity contribution in [2.45, 2.75) is 5.25 Å². The van der Waals surface area contributed by atoms with Crippen LogP contribution < -0.4 is 5.73 Å². The Hall–Kier alpha value is -0.697. The van der Waals surface area contributed by atoms with Crippen LogP contribution in [0.15, 0.2) is 60.7 Å². The van der Waals surface area contributed by atoms with Crippen molar-refractivity contribution in [2.75, 3.05) is 0 Å². The minimum atomic E-state index is 0. The second-order valence-corrected chi connectivity index (χ2v) is 5.48. The van der Waals surface area contributed by atoms with Crippen LogP contribution in [0.4, 0.5) is 0 Å². The summed E-state index contributed by atoms with van der Waals surface area (Å²) in [5, 5.41) is 0.176. The van der Waals surface area contributed by atoms with Gasteiger partial charge in [-0.25, -0.2) is 0 Å². The second-order valence-electron chi connectivity index (χ2n) is 3.64. The van der Waals surface area contributed by atoms with Gasteiger partial charge in [0, 0.05) is 19.5 Å². The van der Waals surface area contributed by atoms with E-state index in [1.165, 1.54) is 22.9 Å². The first-order chi connectivity index (χ1) is 8.27. The summed E-state index contributed by atoms with van der Waals surface area (Å²) >= 11 is 6.53. The van der Waals surface area contributed by atoms with Crippen molar-refractivity contribution in [1.29, 1.82) is 0 Å². The average Bonchev–Trinajstić information content (AvgIpc) is 2.38. The van der Waals surface area contributed by atoms with Crippen molar-refractivity contribution in [1.82, 2.24) is 0 Å². The fourth-order valence-electron chi connectivity index (χ4n) is 1.70. The van der Waals surface area contributed by atoms with Crippen LogP contribution >= 0.6 is 24.0 Å². The van der Waals surface area contributed by atoms with Crippen molar-refractivity contribution < 1.29 is 19.5 Å². The van der Waals surface area contributed by atoms with Gasteiger partial charge in [-0.15, -0.1) is 0 Å². The first-order valence-electron chi connectivity index (χ1n) is 5.33. The minimum Gasteiger partial charge on any atom is -0.385 e. The molecule has 0 aromatic heterocycles. The summed E-state index contributed by atoms with van der Waals surface area (Å²) in [6.07, 6.45) is 0. The fourth-order valence-corrected chi connectivity index (χ4v) is 2.81. The van der Waals surface area contributed by atoms with Gasteiger partial charge < -0.3 is 5.73 Å². The molecule has 0 aliphatic carbocycles. The van der Waals surface area contributed by atoms with Crippen LogP contribution in [0.2, 0.25) is 0 Å². The van der Waals surface area contributed by atoms with Gasteiger partial charge in [-0.3, -0.25) is 0 Å². The third kappa shape index (κ3) is 4.20. The van der Waals surface area contributed by atoms with E-state index in [1.54, 1.807) is 0 Å². The van der Waals surface area contributed by atoms with Crippen molar-refractivity contribution in [3.63, 3.8) is 0 Å². The molecular weight excluding hydrogens is 312 g/mol. The minimum absolute atomic E-state index is 0. The molecule has 0 aliphatic rings. The fraction of sp³-hybridized carbons (Fsp3) is 0.0714. The zero-order chi connectivity index (χ0) is 12.1. The van der Waals surface area contributed by atoms with Gasteiger partial charge in [-0.1, -0.05) is 84.6 Å². The maximum Gasteiger partial charge on any atom is 0.132 e. The SMILES string of the molecule is NC(=S)SC(c1ccccc1)c1ccccc1.[Zn]. The standard InChI is InChI=1S/C14H13NS2.Zn/c15-14(16)17-13(11-7-3-1-4-8-11)12-9-5-2-6-10-12;/h1-10,13H,(H2,15,16);. The van der Waals surface area contributed by atoms with E-state index in [0.717, 1.165) is 0 Å². The molecule has 88 valence electrons. The predicted molar refractivity (Wildman–Crippen MR) is 79.1 cm³/mol. The Bertz CT molecular complexity index is 448. The molecule has 0 atom stereocenters. The number of rotatable bonds is 3. The molecule has 0 unspecified atom stereocenters. The van der Waals surface area contributed by atoms with E-state index in [0.29, 0.717) is 4.32 Å². The number of thiocarbonyl (C=S) groups is 1. The van der Waals surface area contributed by atoms with Crippen molar-refractivity contribution >= 4 is 28.3 Å². The van der Waals surface area contributed by atoms with Gasteiger partial charge in [0.1, 0.15) is 4.32 Å². The van der Waals surface area contributed by atoms with E-state index in [4.69, 9.17) is 18.0 Å². The Morgan fingerprint density at radius 1 is 0.889 bits per heavy atom. The molecule has 0 fully saturated rings. The Morgan fingerprint density at radius 3 is 1.61 bits per heavy atom. The summed E-state index contributed by atoms with van der Waals surface area (Å²) < 4.78 is 0.475. The zero-order valence-corrected chi connectivity index (χ0v) is 14.6. The van der Waals surface area contributed by atoms with E-state index >= 15 is 0 Å². The molecule has 0 spiro atoms. The molecule has 0 aliphatic heterocycles. The molecule has 2 N–H and O–H groups in total. The normalized spacial score (nSPS) is 9.83. The molecule has 0 amide bonds. The van der Waals surface area contributed by atoms with Gasteiger partial charge in [0.05, 0.1) is 5.25 Å². The quantitative estimate of drug-likeness (QED) is 0.688. The summed E-state index contributed by atoms with van der Waals surface area (Å²) in [7, 11) is 0. The first-order valence-corrected chi connectivity index (χ1v) is 6.62. The van der Waals surface area contributed by atoms with Gasteiger partial charge in [-0.2, -0.15) is 0 Å². The summed E-state index contributed by atoms with van der Waals surface area (Å²) in [5.41, 5.74) is 8.10. The van der Waals surface area contributed by atoms with E-state index in [-0.39, 0.29) is 24.7 Å². The Balaban J connectivity index is 0.00000162. The van der Waals surface area contributed by atoms with Crippen LogP contribution in [-0.2, 0) is 19.5 Å². The summed E-state index contributed by atoms with van der Waals surface area (Å²) in [4.78, 5) is 0. The number of hydrogen-bond donors (Lipinski definition) is 1. The smallest absolute Gasteiger partial charge is 0.132 e. The summed E-state index contributed by atoms with van der Waals surface area (Å²) in [5.74, 6) is 0. The van der Waals surface area contributed by atoms with Gasteiger partial charge in [0.15, 0.2) is 0 Å². The Labute approximate surface area is 130 Å². The van der Waals surface area contributed by atoms with E-state index in [2.05, 4.69) is 24.3 Å². The number of hydrogen-bond acceptors (Lipinski definition) is 2. The molecule has 0 saturated heterocycles. The third-order valence-electron chi connectivity index (χ3n) is 2.44. The van der Waals surface area contributed by atoms with E-state index in [1.807, 2.05) is 36.4 Å². The monoisotopic (exact) mass is 323 g/mol. The topological polar surface area (TPSA) is 26.0 Å². The van der Waals surface area contributed by atoms with Crippen molar-refractivity contribution in [3.05, 3.63) is 71.8 Å². The first kappa shape index (κ1) is 15.4. The molecule has 4 heteroatoms. The van der Waals surface area contributed by atoms with Gasteiger partial charge in [0.2, 0.25) is 0 Å². The Morgan fingerprint density at radius 2 is 1.28 bits per heavy atom. The molecule has 1 nitrogen and oxygen atoms in total. The van der Waals surface area contributed by atoms with Crippen LogP contribution in [0, 0.1) is 0 Å². The van der Waals surface area contributed by atoms with Crippen LogP contribution in [0.25, 0.3) is 0 Å². The number of nitrogens with two attached hydrogens (primary N) is 1. The van der Waals surface area contributed by atoms with Crippen molar-refractivity contribution in [2.24, 2.45) is 5.73 Å². The number of thioether (sulfide) groups is 1. The molecule has 0 radical (unpaired) electrons. The van der Waals surface area contributed by atoms with Crippen LogP contribution in [0.3, 0.4) is 0 Å². The summed E-state index contributed by atoms with van der Waals surface area (Å²) in [6.45, 7) is 0. The zero-order valence-electron chi connectivity index (χ0n) is 9.95. The molecular formula is C14H13NS2Zn. The van der Waals surface area contributed by atoms with Gasteiger partial charge >= 0.3 is 0 Å². The van der Waals surface area contributed by atoms with Crippen LogP contribution in [0.5, 0.6) is 0 Å². The Kier molecular flexibility index (Phi) is 6.55. The van der Waals surface area contributed by atoms with Crippen LogP contribution in [-0.4, -0.2) is 4.32 Å². The van der Waals surface area contributed by atoms with E-state index in [9.17, 15) is 0 Å². The predicted octanol–water partition coefficient (Wildman–Crippen LogP) is 3.75. The average molecular weight is 325 g/mol. The maximum absolute atomic E-state index is 5.66. The second kappa shape index (κ2) is 7.68.